The van der Waals surface area contributed by atoms with E-state index >= 15 is 0 Å². The summed E-state index contributed by atoms with van der Waals surface area (Å²) in [5.74, 6) is -2.51. The predicted octanol–water partition coefficient (Wildman–Crippen LogP) is 1.08. The van der Waals surface area contributed by atoms with Crippen LogP contribution in [0.3, 0.4) is 0 Å². The fraction of sp³-hybridized carbons (Fsp3) is 0.667. The minimum atomic E-state index is -1.09. The molecular weight excluding hydrogens is 261 g/mol. The Morgan fingerprint density at radius 1 is 1.14 bits per heavy atom. The quantitative estimate of drug-likeness (QED) is 0.430. The molecule has 0 aromatic carbocycles. The van der Waals surface area contributed by atoms with Crippen molar-refractivity contribution in [2.24, 2.45) is 5.41 Å². The van der Waals surface area contributed by atoms with Gasteiger partial charge in [-0.05, 0) is 5.41 Å². The van der Waals surface area contributed by atoms with Crippen LogP contribution in [-0.2, 0) is 51.8 Å². The summed E-state index contributed by atoms with van der Waals surface area (Å²) in [6, 6.07) is 0. The van der Waals surface area contributed by atoms with E-state index in [9.17, 15) is 14.4 Å². The maximum atomic E-state index is 11.0. The summed E-state index contributed by atoms with van der Waals surface area (Å²) in [6.45, 7) is 6.58. The number of ether oxygens (including phenoxy) is 1. The monoisotopic (exact) mass is 275 g/mol. The molecule has 0 N–H and O–H groups in total. The van der Waals surface area contributed by atoms with Gasteiger partial charge in [-0.15, -0.1) is 0 Å². The SMILES string of the molecule is CC(=O)C(=O)OC(=O)CC(C)(C)C.[Y]. The van der Waals surface area contributed by atoms with Crippen LogP contribution < -0.4 is 0 Å². The smallest absolute Gasteiger partial charge is 0.381 e. The molecule has 0 aliphatic heterocycles. The van der Waals surface area contributed by atoms with E-state index in [0.717, 1.165) is 6.92 Å². The van der Waals surface area contributed by atoms with Gasteiger partial charge in [0, 0.05) is 39.6 Å². The van der Waals surface area contributed by atoms with Gasteiger partial charge in [0.15, 0.2) is 0 Å². The number of hydrogen-bond acceptors (Lipinski definition) is 4. The van der Waals surface area contributed by atoms with Crippen LogP contribution in [0.25, 0.3) is 0 Å². The Morgan fingerprint density at radius 2 is 1.57 bits per heavy atom. The van der Waals surface area contributed by atoms with Crippen LogP contribution in [0.15, 0.2) is 0 Å². The molecule has 0 aromatic rings. The zero-order valence-corrected chi connectivity index (χ0v) is 11.8. The summed E-state index contributed by atoms with van der Waals surface area (Å²) in [6.07, 6.45) is 0.117. The molecule has 4 nitrogen and oxygen atoms in total. The van der Waals surface area contributed by atoms with Crippen molar-refractivity contribution in [3.05, 3.63) is 0 Å². The van der Waals surface area contributed by atoms with Crippen molar-refractivity contribution < 1.29 is 51.8 Å². The Balaban J connectivity index is 0. The van der Waals surface area contributed by atoms with E-state index in [1.165, 1.54) is 0 Å². The van der Waals surface area contributed by atoms with Crippen molar-refractivity contribution in [1.29, 1.82) is 0 Å². The average molecular weight is 275 g/mol. The normalized spacial score (nSPS) is 10.0. The molecule has 0 saturated heterocycles. The molecule has 0 unspecified atom stereocenters. The summed E-state index contributed by atoms with van der Waals surface area (Å²) >= 11 is 0. The summed E-state index contributed by atoms with van der Waals surface area (Å²) in [5.41, 5.74) is -0.242. The average Bonchev–Trinajstić information content (AvgIpc) is 1.81. The van der Waals surface area contributed by atoms with Crippen LogP contribution in [-0.4, -0.2) is 17.7 Å². The van der Waals surface area contributed by atoms with E-state index in [4.69, 9.17) is 0 Å². The molecule has 0 amide bonds. The second-order valence-corrected chi connectivity index (χ2v) is 4.06. The maximum absolute atomic E-state index is 11.0. The first kappa shape index (κ1) is 16.3. The van der Waals surface area contributed by atoms with Gasteiger partial charge in [0.25, 0.3) is 0 Å². The Kier molecular flexibility index (Phi) is 7.48. The van der Waals surface area contributed by atoms with Gasteiger partial charge in [0.2, 0.25) is 5.78 Å². The van der Waals surface area contributed by atoms with Gasteiger partial charge in [-0.3, -0.25) is 9.59 Å². The van der Waals surface area contributed by atoms with Gasteiger partial charge in [0.1, 0.15) is 0 Å². The van der Waals surface area contributed by atoms with Crippen molar-refractivity contribution in [2.45, 2.75) is 34.1 Å². The van der Waals surface area contributed by atoms with Crippen molar-refractivity contribution in [3.63, 3.8) is 0 Å². The first-order valence-corrected chi connectivity index (χ1v) is 3.98. The molecule has 0 aromatic heterocycles. The molecule has 77 valence electrons. The first-order valence-electron chi connectivity index (χ1n) is 3.98. The van der Waals surface area contributed by atoms with Crippen molar-refractivity contribution in [2.75, 3.05) is 0 Å². The topological polar surface area (TPSA) is 60.4 Å². The molecule has 0 atom stereocenters. The van der Waals surface area contributed by atoms with E-state index in [1.807, 2.05) is 20.8 Å². The number of rotatable bonds is 2. The van der Waals surface area contributed by atoms with Gasteiger partial charge in [-0.25, -0.2) is 4.79 Å². The Morgan fingerprint density at radius 3 is 1.86 bits per heavy atom. The van der Waals surface area contributed by atoms with Crippen LogP contribution in [0.5, 0.6) is 0 Å². The van der Waals surface area contributed by atoms with Gasteiger partial charge in [0.05, 0.1) is 6.42 Å². The number of esters is 2. The van der Waals surface area contributed by atoms with E-state index < -0.39 is 17.7 Å². The third-order valence-corrected chi connectivity index (χ3v) is 1.17. The second-order valence-electron chi connectivity index (χ2n) is 4.06. The Hall–Kier alpha value is -0.0861. The molecule has 14 heavy (non-hydrogen) atoms. The number of Topliss-reactive ketones (excluding diaryl/α,β-unsaturated/α-hetero) is 1. The minimum absolute atomic E-state index is 0. The van der Waals surface area contributed by atoms with Crippen LogP contribution in [0.2, 0.25) is 0 Å². The van der Waals surface area contributed by atoms with E-state index in [1.54, 1.807) is 0 Å². The largest absolute Gasteiger partial charge is 0.387 e. The number of carbonyl (C=O) groups is 3. The fourth-order valence-electron chi connectivity index (χ4n) is 0.644. The van der Waals surface area contributed by atoms with Crippen LogP contribution >= 0.6 is 0 Å². The van der Waals surface area contributed by atoms with Crippen molar-refractivity contribution >= 4 is 17.7 Å². The number of hydrogen-bond donors (Lipinski definition) is 0. The summed E-state index contributed by atoms with van der Waals surface area (Å²) < 4.78 is 4.26. The van der Waals surface area contributed by atoms with E-state index in [0.29, 0.717) is 0 Å². The number of ketones is 1. The summed E-state index contributed by atoms with van der Waals surface area (Å²) in [5, 5.41) is 0. The summed E-state index contributed by atoms with van der Waals surface area (Å²) in [7, 11) is 0. The molecule has 5 heteroatoms. The van der Waals surface area contributed by atoms with Crippen LogP contribution in [0.1, 0.15) is 34.1 Å². The molecule has 0 saturated carbocycles. The van der Waals surface area contributed by atoms with Crippen molar-refractivity contribution in [1.82, 2.24) is 0 Å². The van der Waals surface area contributed by atoms with E-state index in [-0.39, 0.29) is 44.5 Å². The van der Waals surface area contributed by atoms with Crippen LogP contribution in [0.4, 0.5) is 0 Å². The minimum Gasteiger partial charge on any atom is -0.387 e. The molecule has 0 aliphatic rings. The molecule has 1 radical (unpaired) electrons. The van der Waals surface area contributed by atoms with Gasteiger partial charge in [-0.1, -0.05) is 20.8 Å². The third-order valence-electron chi connectivity index (χ3n) is 1.17. The third kappa shape index (κ3) is 8.51. The van der Waals surface area contributed by atoms with Gasteiger partial charge >= 0.3 is 11.9 Å². The first-order chi connectivity index (χ1) is 5.72. The molecule has 0 aliphatic carbocycles. The predicted molar refractivity (Wildman–Crippen MR) is 45.9 cm³/mol. The zero-order chi connectivity index (χ0) is 10.6. The zero-order valence-electron chi connectivity index (χ0n) is 8.92. The molecule has 0 rings (SSSR count). The summed E-state index contributed by atoms with van der Waals surface area (Å²) in [4.78, 5) is 32.0. The van der Waals surface area contributed by atoms with Gasteiger partial charge < -0.3 is 4.74 Å². The molecule has 0 spiro atoms. The van der Waals surface area contributed by atoms with Gasteiger partial charge in [-0.2, -0.15) is 0 Å². The van der Waals surface area contributed by atoms with Crippen LogP contribution in [0, 0.1) is 5.41 Å². The van der Waals surface area contributed by atoms with E-state index in [2.05, 4.69) is 4.74 Å². The Labute approximate surface area is 109 Å². The Bertz CT molecular complexity index is 240. The fourth-order valence-corrected chi connectivity index (χ4v) is 0.644. The molecular formula is C9H14O4Y. The standard InChI is InChI=1S/C9H14O4.Y/c1-6(10)8(12)13-7(11)5-9(2,3)4;/h5H2,1-4H3;. The second kappa shape index (κ2) is 6.41. The molecule has 0 heterocycles. The van der Waals surface area contributed by atoms with Crippen molar-refractivity contribution in [3.8, 4) is 0 Å². The molecule has 0 bridgehead atoms. The molecule has 0 fully saturated rings. The number of carbonyl (C=O) groups excluding carboxylic acids is 3. The maximum Gasteiger partial charge on any atom is 0.381 e.